The van der Waals surface area contributed by atoms with Crippen LogP contribution in [0, 0.1) is 5.92 Å². The molecule has 2 aromatic carbocycles. The van der Waals surface area contributed by atoms with Gasteiger partial charge < -0.3 is 10.8 Å². The lowest BCUT2D eigenvalue weighted by atomic mass is 9.60. The van der Waals surface area contributed by atoms with Crippen LogP contribution >= 0.6 is 0 Å². The van der Waals surface area contributed by atoms with E-state index in [9.17, 15) is 18.3 Å². The van der Waals surface area contributed by atoms with Crippen molar-refractivity contribution in [1.29, 1.82) is 0 Å². The molecule has 3 N–H and O–H groups in total. The quantitative estimate of drug-likeness (QED) is 0.320. The lowest BCUT2D eigenvalue weighted by Gasteiger charge is -2.52. The zero-order valence-corrected chi connectivity index (χ0v) is 20.3. The first-order chi connectivity index (χ1) is 18.1. The van der Waals surface area contributed by atoms with Gasteiger partial charge in [-0.1, -0.05) is 54.6 Å². The lowest BCUT2D eigenvalue weighted by molar-refractivity contribution is -0.145. The second kappa shape index (κ2) is 7.85. The van der Waals surface area contributed by atoms with Crippen molar-refractivity contribution in [2.75, 3.05) is 0 Å². The Balaban J connectivity index is 1.36. The Kier molecular flexibility index (Phi) is 4.81. The van der Waals surface area contributed by atoms with E-state index in [4.69, 9.17) is 10.7 Å². The fraction of sp³-hybridized carbons (Fsp3) is 0.276. The van der Waals surface area contributed by atoms with Crippen molar-refractivity contribution >= 4 is 16.7 Å². The molecule has 2 fully saturated rings. The maximum absolute atomic E-state index is 13.7. The number of halogens is 3. The fourth-order valence-electron chi connectivity index (χ4n) is 5.97. The average Bonchev–Trinajstić information content (AvgIpc) is 3.65. The molecule has 0 amide bonds. The molecule has 0 bridgehead atoms. The van der Waals surface area contributed by atoms with Gasteiger partial charge in [0, 0.05) is 16.7 Å². The number of aromatic nitrogens is 4. The Morgan fingerprint density at radius 1 is 0.895 bits per heavy atom. The second-order valence-electron chi connectivity index (χ2n) is 10.7. The predicted molar refractivity (Wildman–Crippen MR) is 137 cm³/mol. The van der Waals surface area contributed by atoms with Crippen molar-refractivity contribution in [3.05, 3.63) is 84.2 Å². The van der Waals surface area contributed by atoms with Crippen molar-refractivity contribution in [3.63, 3.8) is 0 Å². The number of aliphatic hydroxyl groups is 1. The lowest BCUT2D eigenvalue weighted by Crippen LogP contribution is -2.60. The summed E-state index contributed by atoms with van der Waals surface area (Å²) in [7, 11) is 0. The number of fused-ring (bicyclic) bond motifs is 3. The number of alkyl halides is 3. The number of nitrogens with two attached hydrogens (primary N) is 1. The monoisotopic (exact) mass is 515 g/mol. The Hall–Kier alpha value is -3.82. The first kappa shape index (κ1) is 23.3. The minimum absolute atomic E-state index is 0.0997. The Bertz CT molecular complexity index is 1690. The van der Waals surface area contributed by atoms with Gasteiger partial charge in [-0.2, -0.15) is 13.2 Å². The van der Waals surface area contributed by atoms with Gasteiger partial charge >= 0.3 is 6.18 Å². The number of rotatable bonds is 4. The van der Waals surface area contributed by atoms with E-state index in [1.165, 1.54) is 6.07 Å². The van der Waals surface area contributed by atoms with Crippen LogP contribution in [0.4, 0.5) is 13.2 Å². The van der Waals surface area contributed by atoms with Crippen LogP contribution in [0.2, 0.25) is 0 Å². The third kappa shape index (κ3) is 3.60. The van der Waals surface area contributed by atoms with Gasteiger partial charge in [-0.25, -0.2) is 4.98 Å². The summed E-state index contributed by atoms with van der Waals surface area (Å²) >= 11 is 0. The van der Waals surface area contributed by atoms with E-state index < -0.39 is 23.1 Å². The number of hydrogen-bond donors (Lipinski definition) is 2. The number of hydrogen-bond acceptors (Lipinski definition) is 5. The molecule has 2 aliphatic rings. The van der Waals surface area contributed by atoms with E-state index >= 15 is 0 Å². The second-order valence-corrected chi connectivity index (χ2v) is 10.7. The van der Waals surface area contributed by atoms with Crippen molar-refractivity contribution in [2.24, 2.45) is 11.7 Å². The number of pyridine rings is 2. The maximum atomic E-state index is 13.7. The first-order valence-corrected chi connectivity index (χ1v) is 12.6. The van der Waals surface area contributed by atoms with Crippen LogP contribution in [-0.4, -0.2) is 30.3 Å². The van der Waals surface area contributed by atoms with Crippen LogP contribution in [0.15, 0.2) is 72.8 Å². The third-order valence-corrected chi connectivity index (χ3v) is 8.00. The van der Waals surface area contributed by atoms with E-state index in [1.807, 2.05) is 54.6 Å². The van der Waals surface area contributed by atoms with Gasteiger partial charge in [-0.05, 0) is 60.9 Å². The highest BCUT2D eigenvalue weighted by Gasteiger charge is 2.58. The summed E-state index contributed by atoms with van der Waals surface area (Å²) in [5, 5.41) is 17.9. The third-order valence-electron chi connectivity index (χ3n) is 8.00. The zero-order valence-electron chi connectivity index (χ0n) is 20.3. The van der Waals surface area contributed by atoms with Crippen molar-refractivity contribution < 1.29 is 18.3 Å². The molecule has 38 heavy (non-hydrogen) atoms. The van der Waals surface area contributed by atoms with E-state index in [2.05, 4.69) is 10.2 Å². The minimum atomic E-state index is -4.67. The molecular weight excluding hydrogens is 491 g/mol. The molecule has 5 aromatic rings. The van der Waals surface area contributed by atoms with Gasteiger partial charge in [0.25, 0.3) is 0 Å². The van der Waals surface area contributed by atoms with Gasteiger partial charge in [0.1, 0.15) is 0 Å². The summed E-state index contributed by atoms with van der Waals surface area (Å²) in [5.41, 5.74) is 10.1. The number of nitrogens with zero attached hydrogens (tertiary/aromatic N) is 4. The summed E-state index contributed by atoms with van der Waals surface area (Å²) in [6.45, 7) is 0. The summed E-state index contributed by atoms with van der Waals surface area (Å²) < 4.78 is 42.2. The zero-order chi connectivity index (χ0) is 26.3. The molecule has 0 atom stereocenters. The van der Waals surface area contributed by atoms with Gasteiger partial charge in [0.15, 0.2) is 5.65 Å². The normalized spacial score (nSPS) is 23.6. The smallest absolute Gasteiger partial charge is 0.389 e. The average molecular weight is 516 g/mol. The van der Waals surface area contributed by atoms with Gasteiger partial charge in [0.05, 0.1) is 22.3 Å². The highest BCUT2D eigenvalue weighted by molar-refractivity contribution is 5.91. The molecule has 7 rings (SSSR count). The maximum Gasteiger partial charge on any atom is 0.452 e. The van der Waals surface area contributed by atoms with Crippen molar-refractivity contribution in [3.8, 4) is 22.4 Å². The first-order valence-electron chi connectivity index (χ1n) is 12.6. The van der Waals surface area contributed by atoms with E-state index in [0.717, 1.165) is 33.9 Å². The van der Waals surface area contributed by atoms with Crippen molar-refractivity contribution in [1.82, 2.24) is 19.6 Å². The minimum Gasteiger partial charge on any atom is -0.389 e. The summed E-state index contributed by atoms with van der Waals surface area (Å²) in [5.74, 6) is -0.723. The molecule has 0 radical (unpaired) electrons. The highest BCUT2D eigenvalue weighted by Crippen LogP contribution is 2.57. The van der Waals surface area contributed by atoms with Gasteiger partial charge in [-0.15, -0.1) is 10.2 Å². The topological polar surface area (TPSA) is 89.3 Å². The van der Waals surface area contributed by atoms with E-state index in [-0.39, 0.29) is 11.2 Å². The van der Waals surface area contributed by atoms with E-state index in [0.29, 0.717) is 35.5 Å². The molecule has 6 nitrogen and oxygen atoms in total. The van der Waals surface area contributed by atoms with Crippen LogP contribution in [0.25, 0.3) is 39.1 Å². The fourth-order valence-corrected chi connectivity index (χ4v) is 5.97. The van der Waals surface area contributed by atoms with Gasteiger partial charge in [-0.3, -0.25) is 4.40 Å². The van der Waals surface area contributed by atoms with Crippen LogP contribution in [0.1, 0.15) is 37.1 Å². The summed E-state index contributed by atoms with van der Waals surface area (Å²) in [4.78, 5) is 4.84. The Labute approximate surface area is 216 Å². The summed E-state index contributed by atoms with van der Waals surface area (Å²) in [6.07, 6.45) is -1.45. The van der Waals surface area contributed by atoms with E-state index in [1.54, 1.807) is 12.1 Å². The summed E-state index contributed by atoms with van der Waals surface area (Å²) in [6, 6.07) is 22.1. The van der Waals surface area contributed by atoms with Crippen LogP contribution in [0.3, 0.4) is 0 Å². The molecule has 3 heterocycles. The molecule has 2 aliphatic carbocycles. The van der Waals surface area contributed by atoms with Crippen LogP contribution in [0.5, 0.6) is 0 Å². The van der Waals surface area contributed by atoms with Gasteiger partial charge in [0.2, 0.25) is 5.82 Å². The van der Waals surface area contributed by atoms with Crippen LogP contribution < -0.4 is 5.73 Å². The largest absolute Gasteiger partial charge is 0.452 e. The van der Waals surface area contributed by atoms with Crippen molar-refractivity contribution in [2.45, 2.75) is 43.0 Å². The predicted octanol–water partition coefficient (Wildman–Crippen LogP) is 5.72. The Morgan fingerprint density at radius 2 is 1.61 bits per heavy atom. The molecule has 0 spiro atoms. The molecule has 0 aliphatic heterocycles. The standard InChI is InChI=1S/C29H24F3N5O/c30-29(31,32)26-36-35-24-13-12-22-23(37(24)26)14-21(17-4-2-1-3-5-17)25(34-22)18-6-8-19(9-7-18)27(33)15-28(38,16-27)20-10-11-20/h1-9,12-14,20,38H,10-11,15-16,33H2. The molecule has 3 aromatic heterocycles. The number of benzene rings is 2. The molecule has 0 unspecified atom stereocenters. The Morgan fingerprint density at radius 3 is 2.26 bits per heavy atom. The molecule has 2 saturated carbocycles. The molecule has 0 saturated heterocycles. The molecule has 192 valence electrons. The SMILES string of the molecule is NC1(c2ccc(-c3nc4ccc5nnc(C(F)(F)F)n5c4cc3-c3ccccc3)cc2)CC(O)(C2CC2)C1. The highest BCUT2D eigenvalue weighted by atomic mass is 19.4. The molecular formula is C29H24F3N5O. The molecule has 9 heteroatoms. The van der Waals surface area contributed by atoms with Crippen LogP contribution in [-0.2, 0) is 11.7 Å².